The van der Waals surface area contributed by atoms with E-state index in [0.717, 1.165) is 44.7 Å². The Labute approximate surface area is 362 Å². The van der Waals surface area contributed by atoms with E-state index >= 15 is 0 Å². The molecule has 3 aromatic heterocycles. The highest BCUT2D eigenvalue weighted by Crippen LogP contribution is 2.42. The molecule has 6 heterocycles. The fraction of sp³-hybridized carbons (Fsp3) is 0.556. The smallest absolute Gasteiger partial charge is 0.324 e. The number of cyclic esters (lactones) is 1. The van der Waals surface area contributed by atoms with Crippen LogP contribution in [0.4, 0.5) is 4.79 Å². The van der Waals surface area contributed by atoms with E-state index in [1.807, 2.05) is 32.2 Å². The van der Waals surface area contributed by atoms with Gasteiger partial charge in [0.2, 0.25) is 5.91 Å². The van der Waals surface area contributed by atoms with Gasteiger partial charge in [0.1, 0.15) is 18.1 Å². The van der Waals surface area contributed by atoms with E-state index in [9.17, 15) is 19.2 Å². The van der Waals surface area contributed by atoms with Gasteiger partial charge in [-0.3, -0.25) is 24.4 Å². The Kier molecular flexibility index (Phi) is 13.2. The standard InChI is InChI=1S/C45H61N9O6S/c1-9-53-36-15-14-28-20-31(36)32(40(53)30-12-10-17-47-38(30)27(4)59-8)22-45(5,6)25-60-43(57)33-13-11-18-54(50-33)42(56)34(21-37-48-35(28)24-61-37)49-41(55)39(26(2)3)51(7)44(58)52-19-16-29(46)23-52/h10,12,14-15,17,20,24,26-27,29,33-34,39,50H,9,11,13,16,18-19,21-23,25,46H2,1-8H3,(H,49,55)/t27-,29+,33-,34-,39?/m0/s1. The molecule has 6 bridgehead atoms. The summed E-state index contributed by atoms with van der Waals surface area (Å²) in [6, 6.07) is 7.38. The fourth-order valence-electron chi connectivity index (χ4n) is 9.05. The molecule has 328 valence electrons. The number of carbonyl (C=O) groups is 4. The molecule has 2 saturated heterocycles. The number of thiazole rings is 1. The number of rotatable bonds is 8. The largest absolute Gasteiger partial charge is 0.464 e. The van der Waals surface area contributed by atoms with Gasteiger partial charge in [-0.2, -0.15) is 0 Å². The summed E-state index contributed by atoms with van der Waals surface area (Å²) in [5.74, 6) is -1.56. The number of aryl methyl sites for hydroxylation is 1. The van der Waals surface area contributed by atoms with Crippen LogP contribution in [0.5, 0.6) is 0 Å². The van der Waals surface area contributed by atoms with Crippen LogP contribution in [0.3, 0.4) is 0 Å². The van der Waals surface area contributed by atoms with Crippen LogP contribution in [0, 0.1) is 11.3 Å². The first-order chi connectivity index (χ1) is 29.1. The van der Waals surface area contributed by atoms with Gasteiger partial charge in [0.05, 0.1) is 34.8 Å². The average molecular weight is 856 g/mol. The van der Waals surface area contributed by atoms with Crippen LogP contribution in [0.15, 0.2) is 41.9 Å². The van der Waals surface area contributed by atoms with Crippen molar-refractivity contribution in [1.29, 1.82) is 0 Å². The van der Waals surface area contributed by atoms with Gasteiger partial charge in [-0.15, -0.1) is 11.3 Å². The summed E-state index contributed by atoms with van der Waals surface area (Å²) >= 11 is 1.42. The molecule has 3 aliphatic heterocycles. The molecule has 4 aromatic rings. The molecule has 4 N–H and O–H groups in total. The number of benzene rings is 1. The molecular weight excluding hydrogens is 795 g/mol. The Morgan fingerprint density at radius 1 is 1.16 bits per heavy atom. The van der Waals surface area contributed by atoms with Crippen molar-refractivity contribution >= 4 is 46.1 Å². The first kappa shape index (κ1) is 44.2. The normalized spacial score (nSPS) is 21.9. The molecule has 61 heavy (non-hydrogen) atoms. The molecule has 0 saturated carbocycles. The third-order valence-corrected chi connectivity index (χ3v) is 13.1. The van der Waals surface area contributed by atoms with Crippen molar-refractivity contribution in [1.82, 2.24) is 40.1 Å². The summed E-state index contributed by atoms with van der Waals surface area (Å²) in [5.41, 5.74) is 15.5. The van der Waals surface area contributed by atoms with Crippen molar-refractivity contribution in [2.24, 2.45) is 17.1 Å². The quantitative estimate of drug-likeness (QED) is 0.197. The highest BCUT2D eigenvalue weighted by Gasteiger charge is 2.39. The predicted octanol–water partition coefficient (Wildman–Crippen LogP) is 5.31. The zero-order chi connectivity index (χ0) is 43.7. The van der Waals surface area contributed by atoms with Gasteiger partial charge in [0, 0.05) is 91.8 Å². The number of likely N-dealkylation sites (tertiary alicyclic amines) is 1. The molecule has 1 unspecified atom stereocenters. The highest BCUT2D eigenvalue weighted by molar-refractivity contribution is 7.10. The fourth-order valence-corrected chi connectivity index (χ4v) is 9.90. The Balaban J connectivity index is 1.30. The number of hydrogen-bond acceptors (Lipinski definition) is 11. The minimum Gasteiger partial charge on any atom is -0.464 e. The summed E-state index contributed by atoms with van der Waals surface area (Å²) < 4.78 is 14.2. The number of methoxy groups -OCH3 is 1. The van der Waals surface area contributed by atoms with Gasteiger partial charge < -0.3 is 34.9 Å². The number of esters is 1. The van der Waals surface area contributed by atoms with Gasteiger partial charge in [-0.05, 0) is 75.3 Å². The second kappa shape index (κ2) is 18.2. The van der Waals surface area contributed by atoms with Crippen molar-refractivity contribution in [3.63, 3.8) is 0 Å². The first-order valence-electron chi connectivity index (χ1n) is 21.5. The van der Waals surface area contributed by atoms with Crippen molar-refractivity contribution in [3.8, 4) is 22.5 Å². The van der Waals surface area contributed by atoms with Crippen LogP contribution in [-0.4, -0.2) is 118 Å². The van der Waals surface area contributed by atoms with E-state index in [0.29, 0.717) is 56.9 Å². The molecule has 1 aromatic carbocycles. The number of fused-ring (bicyclic) bond motifs is 6. The Morgan fingerprint density at radius 2 is 1.95 bits per heavy atom. The lowest BCUT2D eigenvalue weighted by atomic mass is 9.84. The van der Waals surface area contributed by atoms with E-state index in [1.165, 1.54) is 21.2 Å². The van der Waals surface area contributed by atoms with Gasteiger partial charge in [-0.1, -0.05) is 33.8 Å². The van der Waals surface area contributed by atoms with Crippen LogP contribution in [0.25, 0.3) is 33.4 Å². The van der Waals surface area contributed by atoms with Gasteiger partial charge in [0.15, 0.2) is 0 Å². The summed E-state index contributed by atoms with van der Waals surface area (Å²) in [6.07, 6.45) is 3.97. The molecule has 0 spiro atoms. The summed E-state index contributed by atoms with van der Waals surface area (Å²) in [4.78, 5) is 69.2. The number of pyridine rings is 1. The minimum absolute atomic E-state index is 0.103. The molecule has 4 amide bonds. The maximum absolute atomic E-state index is 14.5. The monoisotopic (exact) mass is 855 g/mol. The number of urea groups is 1. The highest BCUT2D eigenvalue weighted by atomic mass is 32.1. The zero-order valence-corrected chi connectivity index (χ0v) is 37.5. The van der Waals surface area contributed by atoms with Crippen molar-refractivity contribution in [2.75, 3.05) is 40.4 Å². The molecule has 7 rings (SSSR count). The van der Waals surface area contributed by atoms with Crippen LogP contribution >= 0.6 is 11.3 Å². The van der Waals surface area contributed by atoms with Crippen molar-refractivity contribution < 1.29 is 28.7 Å². The number of hydrazine groups is 1. The lowest BCUT2D eigenvalue weighted by Crippen LogP contribution is -2.62. The van der Waals surface area contributed by atoms with Crippen molar-refractivity contribution in [2.45, 2.75) is 110 Å². The third-order valence-electron chi connectivity index (χ3n) is 12.3. The number of nitrogens with two attached hydrogens (primary N) is 1. The zero-order valence-electron chi connectivity index (χ0n) is 36.7. The molecule has 2 fully saturated rings. The number of carbonyl (C=O) groups excluding carboxylic acids is 4. The van der Waals surface area contributed by atoms with Crippen LogP contribution in [0.2, 0.25) is 0 Å². The van der Waals surface area contributed by atoms with E-state index in [2.05, 4.69) is 60.3 Å². The summed E-state index contributed by atoms with van der Waals surface area (Å²) in [6.45, 7) is 14.2. The van der Waals surface area contributed by atoms with Gasteiger partial charge >= 0.3 is 12.0 Å². The SMILES string of the molecule is CCn1c(-c2cccnc2[C@H](C)OC)c2c3cc(ccc31)-c1csc(n1)C[C@H](NC(=O)C(C(C)C)N(C)C(=O)N1CC[C@@H](N)C1)C(=O)N1CCC[C@H](N1)C(=O)OCC(C)(C)C2. The van der Waals surface area contributed by atoms with E-state index in [-0.39, 0.29) is 37.1 Å². The van der Waals surface area contributed by atoms with E-state index < -0.39 is 41.3 Å². The van der Waals surface area contributed by atoms with E-state index in [4.69, 9.17) is 25.2 Å². The number of aromatic nitrogens is 3. The van der Waals surface area contributed by atoms with Crippen LogP contribution in [-0.2, 0) is 43.2 Å². The number of amides is 4. The lowest BCUT2D eigenvalue weighted by molar-refractivity contribution is -0.155. The first-order valence-corrected chi connectivity index (χ1v) is 22.4. The number of hydrogen-bond donors (Lipinski definition) is 3. The van der Waals surface area contributed by atoms with Gasteiger partial charge in [0.25, 0.3) is 5.91 Å². The Hall–Kier alpha value is -4.90. The topological polar surface area (TPSA) is 177 Å². The molecule has 0 radical (unpaired) electrons. The number of likely N-dealkylation sites (N-methyl/N-ethyl adjacent to an activating group) is 1. The average Bonchev–Trinajstić information content (AvgIpc) is 3.98. The molecule has 3 aliphatic rings. The Morgan fingerprint density at radius 3 is 2.66 bits per heavy atom. The molecule has 15 nitrogen and oxygen atoms in total. The molecule has 16 heteroatoms. The van der Waals surface area contributed by atoms with Crippen LogP contribution in [0.1, 0.15) is 83.2 Å². The number of nitrogens with zero attached hydrogens (tertiary/aromatic N) is 6. The molecule has 0 aliphatic carbocycles. The minimum atomic E-state index is -1.05. The number of ether oxygens (including phenoxy) is 2. The maximum Gasteiger partial charge on any atom is 0.324 e. The third kappa shape index (κ3) is 9.18. The summed E-state index contributed by atoms with van der Waals surface area (Å²) in [5, 5.41) is 8.15. The van der Waals surface area contributed by atoms with E-state index in [1.54, 1.807) is 25.3 Å². The van der Waals surface area contributed by atoms with Gasteiger partial charge in [-0.25, -0.2) is 15.2 Å². The Bertz CT molecular complexity index is 2270. The molecular formula is C45H61N9O6S. The summed E-state index contributed by atoms with van der Waals surface area (Å²) in [7, 11) is 3.31. The van der Waals surface area contributed by atoms with Crippen LogP contribution < -0.4 is 16.5 Å². The molecule has 5 atom stereocenters. The predicted molar refractivity (Wildman–Crippen MR) is 235 cm³/mol. The maximum atomic E-state index is 14.5. The second-order valence-corrected chi connectivity index (χ2v) is 18.8. The van der Waals surface area contributed by atoms with Crippen molar-refractivity contribution in [3.05, 3.63) is 58.2 Å². The lowest BCUT2D eigenvalue weighted by Gasteiger charge is -2.37. The second-order valence-electron chi connectivity index (χ2n) is 17.8. The number of nitrogens with one attached hydrogen (secondary N) is 2.